The Morgan fingerprint density at radius 1 is 1.11 bits per heavy atom. The van der Waals surface area contributed by atoms with Crippen molar-refractivity contribution < 1.29 is 19.8 Å². The largest absolute Gasteiger partial charge is 0.465 e. The number of aromatic nitrogens is 1. The number of aliphatic hydroxyl groups is 1. The molecule has 0 spiro atoms. The van der Waals surface area contributed by atoms with Crippen molar-refractivity contribution >= 4 is 22.9 Å². The highest BCUT2D eigenvalue weighted by Crippen LogP contribution is 2.35. The van der Waals surface area contributed by atoms with Gasteiger partial charge in [0.1, 0.15) is 5.54 Å². The van der Waals surface area contributed by atoms with Crippen molar-refractivity contribution in [2.24, 2.45) is 5.92 Å². The third kappa shape index (κ3) is 5.41. The number of fused-ring (bicyclic) bond motifs is 1. The Morgan fingerprint density at radius 3 is 2.50 bits per heavy atom. The molecular formula is C29H37N3O4. The Labute approximate surface area is 212 Å². The van der Waals surface area contributed by atoms with Crippen molar-refractivity contribution in [1.29, 1.82) is 0 Å². The number of nitrogens with one attached hydrogen (secondary N) is 2. The summed E-state index contributed by atoms with van der Waals surface area (Å²) in [6, 6.07) is 16.7. The number of H-pyrrole nitrogens is 1. The third-order valence-electron chi connectivity index (χ3n) is 7.71. The molecule has 1 aromatic heterocycles. The van der Waals surface area contributed by atoms with Gasteiger partial charge in [-0.25, -0.2) is 4.79 Å². The van der Waals surface area contributed by atoms with Gasteiger partial charge in [0, 0.05) is 29.6 Å². The Morgan fingerprint density at radius 2 is 1.81 bits per heavy atom. The van der Waals surface area contributed by atoms with Gasteiger partial charge in [0.15, 0.2) is 0 Å². The standard InChI is InChI=1S/C29H37N3O4/c1-20-10-6-9-15-26(20)32(28(35)36)29(2,17-22-18-30-25-14-8-7-13-24(22)25)27(34)31-23(19-33)16-21-11-4-3-5-12-21/h3-5,7-8,11-14,18,20,23,26,30,33H,6,9-10,15-17,19H2,1-2H3,(H,31,34)(H,35,36). The van der Waals surface area contributed by atoms with E-state index in [2.05, 4.69) is 17.2 Å². The van der Waals surface area contributed by atoms with Gasteiger partial charge >= 0.3 is 6.09 Å². The van der Waals surface area contributed by atoms with Crippen LogP contribution in [0, 0.1) is 5.92 Å². The molecule has 3 aromatic rings. The molecule has 1 fully saturated rings. The molecule has 0 radical (unpaired) electrons. The van der Waals surface area contributed by atoms with Gasteiger partial charge < -0.3 is 20.5 Å². The van der Waals surface area contributed by atoms with E-state index in [4.69, 9.17) is 0 Å². The van der Waals surface area contributed by atoms with Crippen LogP contribution in [-0.2, 0) is 17.6 Å². The van der Waals surface area contributed by atoms with Crippen LogP contribution in [0.1, 0.15) is 50.7 Å². The summed E-state index contributed by atoms with van der Waals surface area (Å²) in [6.07, 6.45) is 5.14. The predicted octanol–water partition coefficient (Wildman–Crippen LogP) is 4.75. The summed E-state index contributed by atoms with van der Waals surface area (Å²) in [4.78, 5) is 31.5. The van der Waals surface area contributed by atoms with E-state index in [1.807, 2.05) is 60.8 Å². The molecule has 7 heteroatoms. The summed E-state index contributed by atoms with van der Waals surface area (Å²) in [5.74, 6) is -0.231. The molecule has 4 rings (SSSR count). The SMILES string of the molecule is CC1CCCCC1N(C(=O)O)C(C)(Cc1c[nH]c2ccccc12)C(=O)NC(CO)Cc1ccccc1. The second-order valence-corrected chi connectivity index (χ2v) is 10.3. The average molecular weight is 492 g/mol. The van der Waals surface area contributed by atoms with Gasteiger partial charge in [-0.15, -0.1) is 0 Å². The monoisotopic (exact) mass is 491 g/mol. The minimum Gasteiger partial charge on any atom is -0.465 e. The number of aliphatic hydroxyl groups excluding tert-OH is 1. The van der Waals surface area contributed by atoms with Crippen molar-refractivity contribution in [3.8, 4) is 0 Å². The minimum absolute atomic E-state index is 0.155. The van der Waals surface area contributed by atoms with E-state index >= 15 is 0 Å². The molecule has 1 heterocycles. The summed E-state index contributed by atoms with van der Waals surface area (Å²) in [5, 5.41) is 24.5. The zero-order valence-corrected chi connectivity index (χ0v) is 21.1. The number of carbonyl (C=O) groups excluding carboxylic acids is 1. The van der Waals surface area contributed by atoms with Gasteiger partial charge in [-0.05, 0) is 49.3 Å². The summed E-state index contributed by atoms with van der Waals surface area (Å²) >= 11 is 0. The molecule has 4 atom stereocenters. The van der Waals surface area contributed by atoms with Crippen molar-refractivity contribution in [1.82, 2.24) is 15.2 Å². The molecule has 2 aromatic carbocycles. The van der Waals surface area contributed by atoms with E-state index in [-0.39, 0.29) is 30.9 Å². The second-order valence-electron chi connectivity index (χ2n) is 10.3. The zero-order chi connectivity index (χ0) is 25.7. The Kier molecular flexibility index (Phi) is 7.99. The lowest BCUT2D eigenvalue weighted by Crippen LogP contribution is -2.65. The Bertz CT molecular complexity index is 1180. The number of amides is 2. The molecule has 0 saturated heterocycles. The van der Waals surface area contributed by atoms with Gasteiger partial charge in [-0.1, -0.05) is 68.3 Å². The first kappa shape index (κ1) is 25.8. The lowest BCUT2D eigenvalue weighted by atomic mass is 9.80. The molecule has 36 heavy (non-hydrogen) atoms. The van der Waals surface area contributed by atoms with Crippen molar-refractivity contribution in [3.63, 3.8) is 0 Å². The molecule has 0 aliphatic heterocycles. The van der Waals surface area contributed by atoms with E-state index in [0.717, 1.165) is 47.7 Å². The van der Waals surface area contributed by atoms with Crippen LogP contribution < -0.4 is 5.32 Å². The van der Waals surface area contributed by atoms with Crippen molar-refractivity contribution in [2.45, 2.75) is 70.0 Å². The van der Waals surface area contributed by atoms with Crippen LogP contribution >= 0.6 is 0 Å². The second kappa shape index (κ2) is 11.2. The number of aromatic amines is 1. The van der Waals surface area contributed by atoms with E-state index < -0.39 is 17.7 Å². The van der Waals surface area contributed by atoms with E-state index in [1.165, 1.54) is 4.90 Å². The maximum absolute atomic E-state index is 14.0. The number of benzene rings is 2. The topological polar surface area (TPSA) is 106 Å². The van der Waals surface area contributed by atoms with Crippen LogP contribution in [0.25, 0.3) is 10.9 Å². The smallest absolute Gasteiger partial charge is 0.408 e. The van der Waals surface area contributed by atoms with Crippen LogP contribution in [0.15, 0.2) is 60.8 Å². The predicted molar refractivity (Wildman–Crippen MR) is 141 cm³/mol. The first-order chi connectivity index (χ1) is 17.3. The number of nitrogens with zero attached hydrogens (tertiary/aromatic N) is 1. The van der Waals surface area contributed by atoms with E-state index in [0.29, 0.717) is 6.42 Å². The third-order valence-corrected chi connectivity index (χ3v) is 7.71. The normalized spacial score (nSPS) is 20.4. The van der Waals surface area contributed by atoms with Crippen LogP contribution in [0.4, 0.5) is 4.79 Å². The number of rotatable bonds is 9. The molecule has 2 amide bonds. The summed E-state index contributed by atoms with van der Waals surface area (Å²) < 4.78 is 0. The molecule has 4 unspecified atom stereocenters. The van der Waals surface area contributed by atoms with Crippen molar-refractivity contribution in [2.75, 3.05) is 6.61 Å². The number of carbonyl (C=O) groups is 2. The van der Waals surface area contributed by atoms with Crippen LogP contribution in [0.5, 0.6) is 0 Å². The van der Waals surface area contributed by atoms with Gasteiger partial charge in [0.05, 0.1) is 12.6 Å². The van der Waals surface area contributed by atoms with Crippen LogP contribution in [-0.4, -0.2) is 56.3 Å². The highest BCUT2D eigenvalue weighted by Gasteiger charge is 2.48. The van der Waals surface area contributed by atoms with E-state index in [9.17, 15) is 19.8 Å². The number of carboxylic acid groups (broad SMARTS) is 1. The quantitative estimate of drug-likeness (QED) is 0.347. The first-order valence-corrected chi connectivity index (χ1v) is 12.9. The molecule has 192 valence electrons. The minimum atomic E-state index is -1.36. The molecule has 0 bridgehead atoms. The van der Waals surface area contributed by atoms with Gasteiger partial charge in [0.2, 0.25) is 5.91 Å². The first-order valence-electron chi connectivity index (χ1n) is 12.9. The highest BCUT2D eigenvalue weighted by atomic mass is 16.4. The molecule has 4 N–H and O–H groups in total. The summed E-state index contributed by atoms with van der Waals surface area (Å²) in [6.45, 7) is 3.57. The van der Waals surface area contributed by atoms with Gasteiger partial charge in [-0.2, -0.15) is 0 Å². The summed E-state index contributed by atoms with van der Waals surface area (Å²) in [7, 11) is 0. The number of hydrogen-bond donors (Lipinski definition) is 4. The lowest BCUT2D eigenvalue weighted by molar-refractivity contribution is -0.135. The zero-order valence-electron chi connectivity index (χ0n) is 21.1. The highest BCUT2D eigenvalue weighted by molar-refractivity contribution is 5.91. The molecule has 7 nitrogen and oxygen atoms in total. The fourth-order valence-electron chi connectivity index (χ4n) is 5.72. The fourth-order valence-corrected chi connectivity index (χ4v) is 5.72. The fraction of sp³-hybridized carbons (Fsp3) is 0.448. The lowest BCUT2D eigenvalue weighted by Gasteiger charge is -2.47. The maximum Gasteiger partial charge on any atom is 0.408 e. The number of hydrogen-bond acceptors (Lipinski definition) is 3. The van der Waals surface area contributed by atoms with Crippen LogP contribution in [0.2, 0.25) is 0 Å². The summed E-state index contributed by atoms with van der Waals surface area (Å²) in [5.41, 5.74) is 1.46. The van der Waals surface area contributed by atoms with E-state index in [1.54, 1.807) is 6.92 Å². The number of para-hydroxylation sites is 1. The maximum atomic E-state index is 14.0. The molecular weight excluding hydrogens is 454 g/mol. The van der Waals surface area contributed by atoms with Crippen LogP contribution in [0.3, 0.4) is 0 Å². The Balaban J connectivity index is 1.70. The average Bonchev–Trinajstić information content (AvgIpc) is 3.27. The van der Waals surface area contributed by atoms with Gasteiger partial charge in [0.25, 0.3) is 0 Å². The molecule has 1 saturated carbocycles. The Hall–Kier alpha value is -3.32. The van der Waals surface area contributed by atoms with Gasteiger partial charge in [-0.3, -0.25) is 9.69 Å². The van der Waals surface area contributed by atoms with Crippen molar-refractivity contribution in [3.05, 3.63) is 71.9 Å². The molecule has 1 aliphatic carbocycles. The molecule has 1 aliphatic rings.